The maximum absolute atomic E-state index is 5.69. The first kappa shape index (κ1) is 13.0. The molecular formula is C13H22N4O2. The van der Waals surface area contributed by atoms with Crippen LogP contribution in [0.2, 0.25) is 0 Å². The fourth-order valence-electron chi connectivity index (χ4n) is 3.31. The van der Waals surface area contributed by atoms with Gasteiger partial charge < -0.3 is 15.0 Å². The molecule has 0 amide bonds. The quantitative estimate of drug-likeness (QED) is 0.876. The minimum atomic E-state index is 0.310. The molecule has 1 aromatic rings. The van der Waals surface area contributed by atoms with Gasteiger partial charge in [-0.3, -0.25) is 4.90 Å². The summed E-state index contributed by atoms with van der Waals surface area (Å²) in [6, 6.07) is 0. The molecule has 2 aliphatic heterocycles. The average molecular weight is 266 g/mol. The van der Waals surface area contributed by atoms with Gasteiger partial charge in [0.2, 0.25) is 5.89 Å². The van der Waals surface area contributed by atoms with E-state index in [4.69, 9.17) is 15.0 Å². The van der Waals surface area contributed by atoms with Gasteiger partial charge in [0, 0.05) is 18.6 Å². The van der Waals surface area contributed by atoms with Crippen LogP contribution in [0.1, 0.15) is 37.4 Å². The fourth-order valence-corrected chi connectivity index (χ4v) is 3.31. The van der Waals surface area contributed by atoms with Crippen molar-refractivity contribution in [1.29, 1.82) is 0 Å². The number of hydrogen-bond acceptors (Lipinski definition) is 6. The lowest BCUT2D eigenvalue weighted by Gasteiger charge is -2.44. The van der Waals surface area contributed by atoms with E-state index in [0.29, 0.717) is 17.9 Å². The summed E-state index contributed by atoms with van der Waals surface area (Å²) in [6.45, 7) is 5.08. The summed E-state index contributed by atoms with van der Waals surface area (Å²) in [4.78, 5) is 6.70. The van der Waals surface area contributed by atoms with Gasteiger partial charge in [-0.15, -0.1) is 0 Å². The molecule has 0 saturated carbocycles. The van der Waals surface area contributed by atoms with Crippen LogP contribution in [-0.2, 0) is 17.8 Å². The van der Waals surface area contributed by atoms with Crippen LogP contribution in [0.4, 0.5) is 0 Å². The summed E-state index contributed by atoms with van der Waals surface area (Å²) in [5, 5.41) is 3.98. The van der Waals surface area contributed by atoms with Gasteiger partial charge >= 0.3 is 0 Å². The van der Waals surface area contributed by atoms with Gasteiger partial charge in [0.25, 0.3) is 0 Å². The second kappa shape index (κ2) is 5.56. The highest BCUT2D eigenvalue weighted by molar-refractivity contribution is 4.92. The number of hydrogen-bond donors (Lipinski definition) is 1. The molecule has 1 aromatic heterocycles. The van der Waals surface area contributed by atoms with Gasteiger partial charge in [-0.2, -0.15) is 4.98 Å². The summed E-state index contributed by atoms with van der Waals surface area (Å²) in [7, 11) is 0. The Bertz CT molecular complexity index is 409. The van der Waals surface area contributed by atoms with Crippen LogP contribution in [0, 0.1) is 5.41 Å². The van der Waals surface area contributed by atoms with Crippen molar-refractivity contribution < 1.29 is 9.26 Å². The summed E-state index contributed by atoms with van der Waals surface area (Å²) >= 11 is 0. The molecule has 0 aliphatic carbocycles. The average Bonchev–Trinajstić information content (AvgIpc) is 2.87. The monoisotopic (exact) mass is 266 g/mol. The van der Waals surface area contributed by atoms with Crippen molar-refractivity contribution in [2.24, 2.45) is 11.1 Å². The molecular weight excluding hydrogens is 244 g/mol. The molecule has 2 fully saturated rings. The summed E-state index contributed by atoms with van der Waals surface area (Å²) in [5.41, 5.74) is 5.84. The van der Waals surface area contributed by atoms with E-state index in [2.05, 4.69) is 15.0 Å². The second-order valence-electron chi connectivity index (χ2n) is 5.78. The van der Waals surface area contributed by atoms with E-state index in [-0.39, 0.29) is 0 Å². The van der Waals surface area contributed by atoms with Crippen molar-refractivity contribution in [3.8, 4) is 0 Å². The third-order valence-electron chi connectivity index (χ3n) is 4.19. The van der Waals surface area contributed by atoms with Crippen molar-refractivity contribution in [3.63, 3.8) is 0 Å². The zero-order chi connectivity index (χ0) is 13.1. The number of rotatable bonds is 3. The Labute approximate surface area is 113 Å². The highest BCUT2D eigenvalue weighted by Crippen LogP contribution is 2.37. The number of nitrogens with zero attached hydrogens (tertiary/aromatic N) is 3. The minimum absolute atomic E-state index is 0.310. The van der Waals surface area contributed by atoms with Gasteiger partial charge in [0.05, 0.1) is 19.7 Å². The molecule has 2 N–H and O–H groups in total. The molecule has 19 heavy (non-hydrogen) atoms. The summed E-state index contributed by atoms with van der Waals surface area (Å²) in [5.74, 6) is 1.26. The van der Waals surface area contributed by atoms with Crippen LogP contribution in [0.3, 0.4) is 0 Å². The Kier molecular flexibility index (Phi) is 3.81. The largest absolute Gasteiger partial charge is 0.381 e. The van der Waals surface area contributed by atoms with Gasteiger partial charge in [0.1, 0.15) is 0 Å². The maximum atomic E-state index is 5.69. The van der Waals surface area contributed by atoms with E-state index in [1.165, 1.54) is 25.7 Å². The van der Waals surface area contributed by atoms with E-state index in [9.17, 15) is 0 Å². The second-order valence-corrected chi connectivity index (χ2v) is 5.78. The topological polar surface area (TPSA) is 77.4 Å². The van der Waals surface area contributed by atoms with Gasteiger partial charge in [-0.25, -0.2) is 0 Å². The van der Waals surface area contributed by atoms with Crippen molar-refractivity contribution >= 4 is 0 Å². The van der Waals surface area contributed by atoms with Crippen molar-refractivity contribution in [2.45, 2.75) is 38.8 Å². The van der Waals surface area contributed by atoms with Crippen LogP contribution >= 0.6 is 0 Å². The molecule has 0 aromatic carbocycles. The lowest BCUT2D eigenvalue weighted by Crippen LogP contribution is -2.47. The van der Waals surface area contributed by atoms with Crippen LogP contribution in [0.15, 0.2) is 4.52 Å². The van der Waals surface area contributed by atoms with Crippen molar-refractivity contribution in [3.05, 3.63) is 11.7 Å². The molecule has 3 heterocycles. The zero-order valence-corrected chi connectivity index (χ0v) is 11.3. The highest BCUT2D eigenvalue weighted by atomic mass is 16.5. The molecule has 1 spiro atoms. The number of likely N-dealkylation sites (tertiary alicyclic amines) is 1. The molecule has 2 aliphatic rings. The van der Waals surface area contributed by atoms with Crippen molar-refractivity contribution in [1.82, 2.24) is 15.0 Å². The van der Waals surface area contributed by atoms with Crippen LogP contribution in [-0.4, -0.2) is 41.3 Å². The van der Waals surface area contributed by atoms with Crippen molar-refractivity contribution in [2.75, 3.05) is 26.3 Å². The van der Waals surface area contributed by atoms with Crippen LogP contribution < -0.4 is 5.73 Å². The predicted octanol–water partition coefficient (Wildman–Crippen LogP) is 0.921. The number of ether oxygens (including phenoxy) is 1. The lowest BCUT2D eigenvalue weighted by molar-refractivity contribution is -0.0510. The van der Waals surface area contributed by atoms with E-state index in [0.717, 1.165) is 38.7 Å². The normalized spacial score (nSPS) is 28.9. The molecule has 0 radical (unpaired) electrons. The first-order valence-electron chi connectivity index (χ1n) is 7.11. The van der Waals surface area contributed by atoms with E-state index >= 15 is 0 Å². The maximum Gasteiger partial charge on any atom is 0.240 e. The number of nitrogens with two attached hydrogens (primary N) is 1. The number of piperidine rings is 1. The molecule has 6 heteroatoms. The van der Waals surface area contributed by atoms with Gasteiger partial charge in [-0.05, 0) is 32.2 Å². The molecule has 2 saturated heterocycles. The SMILES string of the molecule is NCc1nc(CN2CCCC3(CCCOC3)C2)no1. The third-order valence-corrected chi connectivity index (χ3v) is 4.19. The summed E-state index contributed by atoms with van der Waals surface area (Å²) in [6.07, 6.45) is 4.98. The van der Waals surface area contributed by atoms with Gasteiger partial charge in [-0.1, -0.05) is 5.16 Å². The third kappa shape index (κ3) is 2.96. The molecule has 0 bridgehead atoms. The Hall–Kier alpha value is -0.980. The number of aromatic nitrogens is 2. The van der Waals surface area contributed by atoms with E-state index < -0.39 is 0 Å². The van der Waals surface area contributed by atoms with E-state index in [1.807, 2.05) is 0 Å². The fraction of sp³-hybridized carbons (Fsp3) is 0.846. The van der Waals surface area contributed by atoms with Crippen LogP contribution in [0.25, 0.3) is 0 Å². The van der Waals surface area contributed by atoms with E-state index in [1.54, 1.807) is 0 Å². The first-order chi connectivity index (χ1) is 9.30. The lowest BCUT2D eigenvalue weighted by atomic mass is 9.76. The Morgan fingerprint density at radius 2 is 2.21 bits per heavy atom. The minimum Gasteiger partial charge on any atom is -0.381 e. The molecule has 1 atom stereocenters. The summed E-state index contributed by atoms with van der Waals surface area (Å²) < 4.78 is 10.7. The molecule has 3 rings (SSSR count). The predicted molar refractivity (Wildman–Crippen MR) is 69.2 cm³/mol. The van der Waals surface area contributed by atoms with Crippen LogP contribution in [0.5, 0.6) is 0 Å². The first-order valence-corrected chi connectivity index (χ1v) is 7.11. The van der Waals surface area contributed by atoms with Gasteiger partial charge in [0.15, 0.2) is 5.82 Å². The molecule has 1 unspecified atom stereocenters. The smallest absolute Gasteiger partial charge is 0.240 e. The zero-order valence-electron chi connectivity index (χ0n) is 11.3. The standard InChI is InChI=1S/C13H22N4O2/c14-7-12-15-11(16-19-12)8-17-5-1-3-13(9-17)4-2-6-18-10-13/h1-10,14H2. The Morgan fingerprint density at radius 3 is 2.95 bits per heavy atom. The Balaban J connectivity index is 1.61. The molecule has 6 nitrogen and oxygen atoms in total. The highest BCUT2D eigenvalue weighted by Gasteiger charge is 2.37. The Morgan fingerprint density at radius 1 is 1.32 bits per heavy atom. The molecule has 106 valence electrons.